The highest BCUT2D eigenvalue weighted by molar-refractivity contribution is 5.47. The van der Waals surface area contributed by atoms with Crippen molar-refractivity contribution in [3.8, 4) is 0 Å². The van der Waals surface area contributed by atoms with E-state index in [2.05, 4.69) is 15.3 Å². The fourth-order valence-electron chi connectivity index (χ4n) is 2.86. The quantitative estimate of drug-likeness (QED) is 0.687. The van der Waals surface area contributed by atoms with E-state index in [1.807, 2.05) is 28.8 Å². The van der Waals surface area contributed by atoms with Crippen LogP contribution in [0.15, 0.2) is 42.7 Å². The molecule has 4 nitrogen and oxygen atoms in total. The van der Waals surface area contributed by atoms with Crippen molar-refractivity contribution >= 4 is 5.65 Å². The van der Waals surface area contributed by atoms with Crippen LogP contribution >= 0.6 is 0 Å². The number of nitrogens with one attached hydrogen (secondary N) is 1. The average molecular weight is 268 g/mol. The summed E-state index contributed by atoms with van der Waals surface area (Å²) in [6.45, 7) is 0.788. The molecule has 0 fully saturated rings. The highest BCUT2D eigenvalue weighted by Crippen LogP contribution is 2.30. The smallest absolute Gasteiger partial charge is 0.218 e. The molecule has 3 aromatic heterocycles. The molecule has 4 rings (SSSR count). The number of halogens is 1. The summed E-state index contributed by atoms with van der Waals surface area (Å²) in [5.74, 6) is -0.427. The van der Waals surface area contributed by atoms with E-state index >= 15 is 0 Å². The number of hydrogen-bond donors (Lipinski definition) is 1. The number of nitrogens with zero attached hydrogens (tertiary/aromatic N) is 3. The van der Waals surface area contributed by atoms with Crippen LogP contribution in [0.3, 0.4) is 0 Å². The summed E-state index contributed by atoms with van der Waals surface area (Å²) in [5, 5.41) is 3.37. The Morgan fingerprint density at radius 2 is 2.20 bits per heavy atom. The van der Waals surface area contributed by atoms with Crippen LogP contribution in [0.5, 0.6) is 0 Å². The van der Waals surface area contributed by atoms with Crippen molar-refractivity contribution < 1.29 is 4.39 Å². The van der Waals surface area contributed by atoms with Gasteiger partial charge < -0.3 is 9.72 Å². The third kappa shape index (κ3) is 1.63. The van der Waals surface area contributed by atoms with Crippen molar-refractivity contribution in [2.45, 2.75) is 12.5 Å². The molecule has 0 amide bonds. The van der Waals surface area contributed by atoms with E-state index in [9.17, 15) is 4.39 Å². The van der Waals surface area contributed by atoms with Crippen LogP contribution in [0.25, 0.3) is 5.65 Å². The maximum Gasteiger partial charge on any atom is 0.218 e. The summed E-state index contributed by atoms with van der Waals surface area (Å²) >= 11 is 0. The Labute approximate surface area is 115 Å². The van der Waals surface area contributed by atoms with Crippen molar-refractivity contribution in [3.63, 3.8) is 0 Å². The molecule has 1 aliphatic heterocycles. The van der Waals surface area contributed by atoms with E-state index in [1.165, 1.54) is 6.20 Å². The lowest BCUT2D eigenvalue weighted by Gasteiger charge is -2.24. The van der Waals surface area contributed by atoms with Gasteiger partial charge in [-0.3, -0.25) is 0 Å². The van der Waals surface area contributed by atoms with Gasteiger partial charge in [0, 0.05) is 30.9 Å². The lowest BCUT2D eigenvalue weighted by molar-refractivity contribution is 0.498. The highest BCUT2D eigenvalue weighted by Gasteiger charge is 2.28. The molecular formula is C15H13FN4. The molecule has 0 saturated heterocycles. The number of pyridine rings is 2. The van der Waals surface area contributed by atoms with Gasteiger partial charge in [-0.15, -0.1) is 0 Å². The summed E-state index contributed by atoms with van der Waals surface area (Å²) in [7, 11) is 0. The van der Waals surface area contributed by atoms with Crippen LogP contribution in [0.1, 0.15) is 23.0 Å². The highest BCUT2D eigenvalue weighted by atomic mass is 19.1. The first-order valence-electron chi connectivity index (χ1n) is 6.64. The van der Waals surface area contributed by atoms with E-state index in [1.54, 1.807) is 12.1 Å². The van der Waals surface area contributed by atoms with Gasteiger partial charge in [0.25, 0.3) is 0 Å². The predicted octanol–water partition coefficient (Wildman–Crippen LogP) is 2.10. The molecule has 0 spiro atoms. The lowest BCUT2D eigenvalue weighted by Crippen LogP contribution is -2.32. The number of aromatic nitrogens is 3. The van der Waals surface area contributed by atoms with E-state index in [4.69, 9.17) is 0 Å². The molecule has 1 N–H and O–H groups in total. The summed E-state index contributed by atoms with van der Waals surface area (Å²) in [4.78, 5) is 8.39. The normalized spacial score (nSPS) is 18.1. The maximum absolute atomic E-state index is 14.0. The zero-order valence-electron chi connectivity index (χ0n) is 10.8. The Morgan fingerprint density at radius 1 is 1.25 bits per heavy atom. The SMILES string of the molecule is Fc1ncccc1C1NCCc2nc3ccccn3c21. The minimum absolute atomic E-state index is 0.204. The minimum atomic E-state index is -0.427. The topological polar surface area (TPSA) is 42.2 Å². The van der Waals surface area contributed by atoms with Gasteiger partial charge >= 0.3 is 0 Å². The second kappa shape index (κ2) is 4.38. The average Bonchev–Trinajstić information content (AvgIpc) is 2.86. The van der Waals surface area contributed by atoms with E-state index in [0.29, 0.717) is 5.56 Å². The van der Waals surface area contributed by atoms with Gasteiger partial charge in [0.1, 0.15) is 5.65 Å². The largest absolute Gasteiger partial charge is 0.304 e. The number of imidazole rings is 1. The fourth-order valence-corrected chi connectivity index (χ4v) is 2.86. The van der Waals surface area contributed by atoms with Crippen molar-refractivity contribution in [1.82, 2.24) is 19.7 Å². The van der Waals surface area contributed by atoms with Gasteiger partial charge in [-0.1, -0.05) is 12.1 Å². The molecule has 4 heterocycles. The summed E-state index contributed by atoms with van der Waals surface area (Å²) < 4.78 is 16.0. The molecule has 100 valence electrons. The van der Waals surface area contributed by atoms with Gasteiger partial charge in [0.2, 0.25) is 5.95 Å². The van der Waals surface area contributed by atoms with Crippen LogP contribution in [0, 0.1) is 5.95 Å². The zero-order valence-corrected chi connectivity index (χ0v) is 10.8. The monoisotopic (exact) mass is 268 g/mol. The molecule has 0 aromatic carbocycles. The van der Waals surface area contributed by atoms with Crippen LogP contribution in [0.4, 0.5) is 4.39 Å². The fraction of sp³-hybridized carbons (Fsp3) is 0.200. The number of fused-ring (bicyclic) bond motifs is 3. The van der Waals surface area contributed by atoms with Gasteiger partial charge in [0.05, 0.1) is 17.4 Å². The van der Waals surface area contributed by atoms with Gasteiger partial charge in [-0.05, 0) is 18.2 Å². The molecule has 1 atom stereocenters. The Kier molecular flexibility index (Phi) is 2.53. The zero-order chi connectivity index (χ0) is 13.5. The van der Waals surface area contributed by atoms with Crippen molar-refractivity contribution in [2.75, 3.05) is 6.54 Å². The first-order valence-corrected chi connectivity index (χ1v) is 6.64. The van der Waals surface area contributed by atoms with Gasteiger partial charge in [-0.2, -0.15) is 4.39 Å². The Hall–Kier alpha value is -2.27. The van der Waals surface area contributed by atoms with Gasteiger partial charge in [0.15, 0.2) is 0 Å². The standard InChI is InChI=1S/C15H13FN4/c16-15-10(4-3-7-18-15)13-14-11(6-8-17-13)19-12-5-1-2-9-20(12)14/h1-5,7,9,13,17H,6,8H2. The van der Waals surface area contributed by atoms with E-state index < -0.39 is 5.95 Å². The molecule has 1 unspecified atom stereocenters. The number of rotatable bonds is 1. The molecule has 0 radical (unpaired) electrons. The second-order valence-electron chi connectivity index (χ2n) is 4.89. The summed E-state index contributed by atoms with van der Waals surface area (Å²) in [6, 6.07) is 9.22. The second-order valence-corrected chi connectivity index (χ2v) is 4.89. The molecular weight excluding hydrogens is 255 g/mol. The van der Waals surface area contributed by atoms with Crippen LogP contribution in [0.2, 0.25) is 0 Å². The van der Waals surface area contributed by atoms with E-state index in [0.717, 1.165) is 30.0 Å². The van der Waals surface area contributed by atoms with Gasteiger partial charge in [-0.25, -0.2) is 9.97 Å². The third-order valence-electron chi connectivity index (χ3n) is 3.73. The molecule has 0 aliphatic carbocycles. The molecule has 3 aromatic rings. The molecule has 0 bridgehead atoms. The molecule has 5 heteroatoms. The van der Waals surface area contributed by atoms with E-state index in [-0.39, 0.29) is 6.04 Å². The predicted molar refractivity (Wildman–Crippen MR) is 72.9 cm³/mol. The lowest BCUT2D eigenvalue weighted by atomic mass is 9.99. The number of hydrogen-bond acceptors (Lipinski definition) is 3. The first kappa shape index (κ1) is 11.5. The minimum Gasteiger partial charge on any atom is -0.304 e. The molecule has 0 saturated carbocycles. The van der Waals surface area contributed by atoms with Crippen molar-refractivity contribution in [3.05, 3.63) is 65.6 Å². The molecule has 1 aliphatic rings. The Morgan fingerprint density at radius 3 is 3.10 bits per heavy atom. The third-order valence-corrected chi connectivity index (χ3v) is 3.73. The van der Waals surface area contributed by atoms with Crippen LogP contribution < -0.4 is 5.32 Å². The Bertz CT molecular complexity index is 780. The molecule has 20 heavy (non-hydrogen) atoms. The summed E-state index contributed by atoms with van der Waals surface area (Å²) in [6.07, 6.45) is 4.29. The van der Waals surface area contributed by atoms with Crippen LogP contribution in [-0.2, 0) is 6.42 Å². The van der Waals surface area contributed by atoms with Crippen LogP contribution in [-0.4, -0.2) is 20.9 Å². The Balaban J connectivity index is 1.96. The summed E-state index contributed by atoms with van der Waals surface area (Å²) in [5.41, 5.74) is 3.51. The maximum atomic E-state index is 14.0. The van der Waals surface area contributed by atoms with Crippen molar-refractivity contribution in [2.24, 2.45) is 0 Å². The first-order chi connectivity index (χ1) is 9.84. The van der Waals surface area contributed by atoms with Crippen molar-refractivity contribution in [1.29, 1.82) is 0 Å².